The van der Waals surface area contributed by atoms with Gasteiger partial charge in [0.1, 0.15) is 11.9 Å². The Bertz CT molecular complexity index is 414. The van der Waals surface area contributed by atoms with Crippen molar-refractivity contribution >= 4 is 23.2 Å². The van der Waals surface area contributed by atoms with Crippen LogP contribution in [-0.2, 0) is 4.79 Å². The van der Waals surface area contributed by atoms with E-state index in [2.05, 4.69) is 5.32 Å². The topological polar surface area (TPSA) is 52.9 Å². The number of anilines is 1. The van der Waals surface area contributed by atoms with Gasteiger partial charge >= 0.3 is 0 Å². The molecule has 0 aliphatic carbocycles. The van der Waals surface area contributed by atoms with Gasteiger partial charge < -0.3 is 5.32 Å². The second-order valence-corrected chi connectivity index (χ2v) is 3.17. The Hall–Kier alpha value is -1.60. The molecule has 1 aromatic carbocycles. The molecule has 3 nitrogen and oxygen atoms in total. The second-order valence-electron chi connectivity index (χ2n) is 2.79. The van der Waals surface area contributed by atoms with Gasteiger partial charge in [0.2, 0.25) is 5.91 Å². The number of carbonyl (C=O) groups is 1. The van der Waals surface area contributed by atoms with Crippen molar-refractivity contribution in [3.8, 4) is 6.07 Å². The number of amides is 1. The van der Waals surface area contributed by atoms with Gasteiger partial charge in [0.25, 0.3) is 0 Å². The lowest BCUT2D eigenvalue weighted by Crippen LogP contribution is -2.12. The SMILES string of the molecule is N#Cc1cc(F)ccc1NC(=O)CCCl. The van der Waals surface area contributed by atoms with E-state index in [0.717, 1.165) is 6.07 Å². The number of hydrogen-bond donors (Lipinski definition) is 1. The first kappa shape index (κ1) is 11.5. The molecule has 15 heavy (non-hydrogen) atoms. The zero-order valence-corrected chi connectivity index (χ0v) is 8.51. The summed E-state index contributed by atoms with van der Waals surface area (Å²) in [6.45, 7) is 0. The Morgan fingerprint density at radius 2 is 2.33 bits per heavy atom. The number of nitrogens with one attached hydrogen (secondary N) is 1. The van der Waals surface area contributed by atoms with Crippen LogP contribution in [0.3, 0.4) is 0 Å². The molecule has 1 rings (SSSR count). The summed E-state index contributed by atoms with van der Waals surface area (Å²) in [5.41, 5.74) is 0.395. The molecule has 0 atom stereocenters. The van der Waals surface area contributed by atoms with Crippen molar-refractivity contribution < 1.29 is 9.18 Å². The fourth-order valence-corrected chi connectivity index (χ4v) is 1.19. The Morgan fingerprint density at radius 1 is 1.60 bits per heavy atom. The van der Waals surface area contributed by atoms with Crippen molar-refractivity contribution in [3.05, 3.63) is 29.6 Å². The van der Waals surface area contributed by atoms with Crippen molar-refractivity contribution in [2.24, 2.45) is 0 Å². The molecule has 0 aliphatic heterocycles. The van der Waals surface area contributed by atoms with Gasteiger partial charge in [-0.2, -0.15) is 5.26 Å². The minimum absolute atomic E-state index is 0.0953. The van der Waals surface area contributed by atoms with Gasteiger partial charge in [0.05, 0.1) is 11.3 Å². The fraction of sp³-hybridized carbons (Fsp3) is 0.200. The number of alkyl halides is 1. The van der Waals surface area contributed by atoms with E-state index in [1.165, 1.54) is 12.1 Å². The molecule has 0 unspecified atom stereocenters. The van der Waals surface area contributed by atoms with E-state index in [1.807, 2.05) is 0 Å². The number of carbonyl (C=O) groups excluding carboxylic acids is 1. The molecule has 1 N–H and O–H groups in total. The van der Waals surface area contributed by atoms with Crippen LogP contribution in [0.4, 0.5) is 10.1 Å². The van der Waals surface area contributed by atoms with E-state index >= 15 is 0 Å². The quantitative estimate of drug-likeness (QED) is 0.804. The van der Waals surface area contributed by atoms with Crippen LogP contribution in [0, 0.1) is 17.1 Å². The van der Waals surface area contributed by atoms with Gasteiger partial charge in [-0.15, -0.1) is 11.6 Å². The predicted octanol–water partition coefficient (Wildman–Crippen LogP) is 2.26. The number of rotatable bonds is 3. The van der Waals surface area contributed by atoms with E-state index in [4.69, 9.17) is 16.9 Å². The summed E-state index contributed by atoms with van der Waals surface area (Å²) in [5.74, 6) is -0.607. The van der Waals surface area contributed by atoms with E-state index in [0.29, 0.717) is 5.69 Å². The van der Waals surface area contributed by atoms with Crippen LogP contribution in [0.25, 0.3) is 0 Å². The number of halogens is 2. The fourth-order valence-electron chi connectivity index (χ4n) is 1.02. The van der Waals surface area contributed by atoms with Gasteiger partial charge in [-0.1, -0.05) is 0 Å². The summed E-state index contributed by atoms with van der Waals surface area (Å²) in [4.78, 5) is 11.2. The molecular formula is C10H8ClFN2O. The largest absolute Gasteiger partial charge is 0.325 e. The highest BCUT2D eigenvalue weighted by Gasteiger charge is 2.06. The van der Waals surface area contributed by atoms with Gasteiger partial charge in [0.15, 0.2) is 0 Å². The monoisotopic (exact) mass is 226 g/mol. The van der Waals surface area contributed by atoms with Gasteiger partial charge in [-0.3, -0.25) is 4.79 Å². The Balaban J connectivity index is 2.86. The molecule has 0 bridgehead atoms. The van der Waals surface area contributed by atoms with E-state index < -0.39 is 5.82 Å². The minimum atomic E-state index is -0.512. The van der Waals surface area contributed by atoms with Crippen molar-refractivity contribution in [2.75, 3.05) is 11.2 Å². The Kier molecular flexibility index (Phi) is 4.07. The summed E-state index contributed by atoms with van der Waals surface area (Å²) in [7, 11) is 0. The van der Waals surface area contributed by atoms with Crippen molar-refractivity contribution in [2.45, 2.75) is 6.42 Å². The molecular weight excluding hydrogens is 219 g/mol. The number of nitriles is 1. The summed E-state index contributed by atoms with van der Waals surface area (Å²) in [5, 5.41) is 11.2. The van der Waals surface area contributed by atoms with Gasteiger partial charge in [-0.05, 0) is 18.2 Å². The van der Waals surface area contributed by atoms with Crippen LogP contribution in [0.5, 0.6) is 0 Å². The summed E-state index contributed by atoms with van der Waals surface area (Å²) < 4.78 is 12.7. The number of benzene rings is 1. The highest BCUT2D eigenvalue weighted by atomic mass is 35.5. The third-order valence-electron chi connectivity index (χ3n) is 1.70. The minimum Gasteiger partial charge on any atom is -0.325 e. The molecule has 0 radical (unpaired) electrons. The van der Waals surface area contributed by atoms with Crippen LogP contribution >= 0.6 is 11.6 Å². The number of hydrogen-bond acceptors (Lipinski definition) is 2. The third-order valence-corrected chi connectivity index (χ3v) is 1.89. The molecule has 0 saturated carbocycles. The van der Waals surface area contributed by atoms with Crippen LogP contribution in [0.15, 0.2) is 18.2 Å². The number of nitrogens with zero attached hydrogens (tertiary/aromatic N) is 1. The van der Waals surface area contributed by atoms with E-state index in [1.54, 1.807) is 6.07 Å². The van der Waals surface area contributed by atoms with Crippen molar-refractivity contribution in [1.82, 2.24) is 0 Å². The van der Waals surface area contributed by atoms with E-state index in [-0.39, 0.29) is 23.8 Å². The molecule has 5 heteroatoms. The first-order chi connectivity index (χ1) is 7.17. The molecule has 0 aliphatic rings. The van der Waals surface area contributed by atoms with Crippen LogP contribution in [-0.4, -0.2) is 11.8 Å². The summed E-state index contributed by atoms with van der Waals surface area (Å²) >= 11 is 5.38. The van der Waals surface area contributed by atoms with Crippen LogP contribution in [0.1, 0.15) is 12.0 Å². The van der Waals surface area contributed by atoms with Crippen LogP contribution in [0.2, 0.25) is 0 Å². The highest BCUT2D eigenvalue weighted by Crippen LogP contribution is 2.16. The maximum Gasteiger partial charge on any atom is 0.225 e. The van der Waals surface area contributed by atoms with Gasteiger partial charge in [0, 0.05) is 12.3 Å². The molecule has 1 amide bonds. The molecule has 0 saturated heterocycles. The lowest BCUT2D eigenvalue weighted by atomic mass is 10.2. The first-order valence-electron chi connectivity index (χ1n) is 4.23. The lowest BCUT2D eigenvalue weighted by Gasteiger charge is -2.05. The van der Waals surface area contributed by atoms with Gasteiger partial charge in [-0.25, -0.2) is 4.39 Å². The van der Waals surface area contributed by atoms with Crippen molar-refractivity contribution in [3.63, 3.8) is 0 Å². The molecule has 1 aromatic rings. The first-order valence-corrected chi connectivity index (χ1v) is 4.76. The Morgan fingerprint density at radius 3 is 2.93 bits per heavy atom. The van der Waals surface area contributed by atoms with Crippen LogP contribution < -0.4 is 5.32 Å². The van der Waals surface area contributed by atoms with Crippen molar-refractivity contribution in [1.29, 1.82) is 5.26 Å². The normalized spacial score (nSPS) is 9.40. The lowest BCUT2D eigenvalue weighted by molar-refractivity contribution is -0.115. The highest BCUT2D eigenvalue weighted by molar-refractivity contribution is 6.19. The maximum atomic E-state index is 12.7. The second kappa shape index (κ2) is 5.32. The Labute approximate surface area is 91.5 Å². The smallest absolute Gasteiger partial charge is 0.225 e. The molecule has 0 spiro atoms. The molecule has 78 valence electrons. The average Bonchev–Trinajstić information content (AvgIpc) is 2.21. The standard InChI is InChI=1S/C10H8ClFN2O/c11-4-3-10(15)14-9-2-1-8(12)5-7(9)6-13/h1-2,5H,3-4H2,(H,14,15). The summed E-state index contributed by atoms with van der Waals surface area (Å²) in [6.07, 6.45) is 0.157. The maximum absolute atomic E-state index is 12.7. The zero-order valence-electron chi connectivity index (χ0n) is 7.76. The molecule has 0 fully saturated rings. The predicted molar refractivity (Wildman–Crippen MR) is 55.1 cm³/mol. The average molecular weight is 227 g/mol. The zero-order chi connectivity index (χ0) is 11.3. The summed E-state index contributed by atoms with van der Waals surface area (Å²) in [6, 6.07) is 5.39. The van der Waals surface area contributed by atoms with E-state index in [9.17, 15) is 9.18 Å². The third kappa shape index (κ3) is 3.22. The molecule has 0 heterocycles. The molecule has 0 aromatic heterocycles.